The first-order chi connectivity index (χ1) is 11.3. The highest BCUT2D eigenvalue weighted by atomic mass is 16.4. The number of carboxylic acids is 1. The third-order valence-corrected chi connectivity index (χ3v) is 6.03. The van der Waals surface area contributed by atoms with Gasteiger partial charge in [-0.1, -0.05) is 44.2 Å². The summed E-state index contributed by atoms with van der Waals surface area (Å²) < 4.78 is 0. The summed E-state index contributed by atoms with van der Waals surface area (Å²) in [6.07, 6.45) is 1.11. The highest BCUT2D eigenvalue weighted by Crippen LogP contribution is 2.56. The second-order valence-electron chi connectivity index (χ2n) is 7.50. The van der Waals surface area contributed by atoms with Crippen molar-refractivity contribution in [2.75, 3.05) is 5.32 Å². The Morgan fingerprint density at radius 3 is 2.38 bits per heavy atom. The van der Waals surface area contributed by atoms with E-state index in [1.807, 2.05) is 56.3 Å². The Hall–Kier alpha value is -2.36. The molecule has 1 saturated carbocycles. The van der Waals surface area contributed by atoms with Gasteiger partial charge in [-0.25, -0.2) is 0 Å². The molecule has 0 bridgehead atoms. The molecule has 1 aliphatic carbocycles. The van der Waals surface area contributed by atoms with E-state index in [0.29, 0.717) is 12.8 Å². The van der Waals surface area contributed by atoms with E-state index in [9.17, 15) is 14.7 Å². The fraction of sp³-hybridized carbons (Fsp3) is 0.400. The van der Waals surface area contributed by atoms with Gasteiger partial charge in [0, 0.05) is 11.6 Å². The molecule has 4 nitrogen and oxygen atoms in total. The second kappa shape index (κ2) is 5.62. The first kappa shape index (κ1) is 16.5. The van der Waals surface area contributed by atoms with Crippen molar-refractivity contribution in [3.8, 4) is 0 Å². The second-order valence-corrected chi connectivity index (χ2v) is 7.50. The summed E-state index contributed by atoms with van der Waals surface area (Å²) in [7, 11) is 0. The average Bonchev–Trinajstić information content (AvgIpc) is 2.78. The van der Waals surface area contributed by atoms with Crippen LogP contribution in [0.2, 0.25) is 0 Å². The van der Waals surface area contributed by atoms with Gasteiger partial charge >= 0.3 is 5.97 Å². The summed E-state index contributed by atoms with van der Waals surface area (Å²) in [5, 5.41) is 14.7. The third kappa shape index (κ3) is 2.46. The van der Waals surface area contributed by atoms with Crippen LogP contribution in [0.25, 0.3) is 10.8 Å². The Morgan fingerprint density at radius 1 is 1.08 bits per heavy atom. The molecule has 4 heteroatoms. The number of rotatable bonds is 3. The largest absolute Gasteiger partial charge is 0.481 e. The standard InChI is InChI=1S/C20H23NO3/c1-19(2)16(10-11-20(19,3)18(23)24)17(22)21-15-9-8-13-6-4-5-7-14(13)12-15/h4-9,12,16H,10-11H2,1-3H3,(H,21,22)(H,23,24)/t16-,20-/m0/s1. The van der Waals surface area contributed by atoms with E-state index < -0.39 is 16.8 Å². The van der Waals surface area contributed by atoms with Crippen molar-refractivity contribution >= 4 is 28.3 Å². The minimum Gasteiger partial charge on any atom is -0.481 e. The number of anilines is 1. The maximum absolute atomic E-state index is 12.8. The first-order valence-electron chi connectivity index (χ1n) is 8.29. The Bertz CT molecular complexity index is 811. The normalized spacial score (nSPS) is 25.5. The number of nitrogens with one attached hydrogen (secondary N) is 1. The van der Waals surface area contributed by atoms with Crippen LogP contribution in [-0.2, 0) is 9.59 Å². The lowest BCUT2D eigenvalue weighted by Gasteiger charge is -2.37. The molecule has 24 heavy (non-hydrogen) atoms. The predicted octanol–water partition coefficient (Wildman–Crippen LogP) is 4.31. The molecule has 126 valence electrons. The zero-order chi connectivity index (χ0) is 17.5. The minimum absolute atomic E-state index is 0.0970. The van der Waals surface area contributed by atoms with Crippen LogP contribution in [0.15, 0.2) is 42.5 Å². The van der Waals surface area contributed by atoms with Crippen molar-refractivity contribution in [1.29, 1.82) is 0 Å². The fourth-order valence-corrected chi connectivity index (χ4v) is 3.84. The Labute approximate surface area is 141 Å². The van der Waals surface area contributed by atoms with E-state index in [-0.39, 0.29) is 11.8 Å². The molecule has 1 amide bonds. The number of carbonyl (C=O) groups is 2. The molecule has 2 N–H and O–H groups in total. The lowest BCUT2D eigenvalue weighted by molar-refractivity contribution is -0.154. The van der Waals surface area contributed by atoms with E-state index in [1.165, 1.54) is 0 Å². The van der Waals surface area contributed by atoms with Crippen LogP contribution in [0.1, 0.15) is 33.6 Å². The predicted molar refractivity (Wildman–Crippen MR) is 94.8 cm³/mol. The van der Waals surface area contributed by atoms with Crippen LogP contribution >= 0.6 is 0 Å². The number of carboxylic acid groups (broad SMARTS) is 1. The smallest absolute Gasteiger partial charge is 0.309 e. The van der Waals surface area contributed by atoms with Gasteiger partial charge in [-0.3, -0.25) is 9.59 Å². The van der Waals surface area contributed by atoms with Crippen molar-refractivity contribution in [2.24, 2.45) is 16.7 Å². The first-order valence-corrected chi connectivity index (χ1v) is 8.29. The van der Waals surface area contributed by atoms with Crippen LogP contribution < -0.4 is 5.32 Å². The summed E-state index contributed by atoms with van der Waals surface area (Å²) in [5.74, 6) is -1.24. The van der Waals surface area contributed by atoms with Crippen molar-refractivity contribution in [3.05, 3.63) is 42.5 Å². The number of fused-ring (bicyclic) bond motifs is 1. The summed E-state index contributed by atoms with van der Waals surface area (Å²) in [4.78, 5) is 24.5. The van der Waals surface area contributed by atoms with Crippen LogP contribution in [0.4, 0.5) is 5.69 Å². The third-order valence-electron chi connectivity index (χ3n) is 6.03. The molecule has 0 radical (unpaired) electrons. The molecule has 0 saturated heterocycles. The van der Waals surface area contributed by atoms with Gasteiger partial charge in [0.15, 0.2) is 0 Å². The van der Waals surface area contributed by atoms with Crippen LogP contribution in [0, 0.1) is 16.7 Å². The lowest BCUT2D eigenvalue weighted by atomic mass is 9.65. The Kier molecular flexibility index (Phi) is 3.86. The highest BCUT2D eigenvalue weighted by Gasteiger charge is 2.58. The number of carbonyl (C=O) groups excluding carboxylic acids is 1. The van der Waals surface area contributed by atoms with Gasteiger partial charge < -0.3 is 10.4 Å². The average molecular weight is 325 g/mol. The summed E-state index contributed by atoms with van der Waals surface area (Å²) >= 11 is 0. The molecular formula is C20H23NO3. The van der Waals surface area contributed by atoms with Gasteiger partial charge in [0.05, 0.1) is 5.41 Å². The van der Waals surface area contributed by atoms with E-state index in [1.54, 1.807) is 6.92 Å². The minimum atomic E-state index is -0.877. The molecule has 0 aliphatic heterocycles. The monoisotopic (exact) mass is 325 g/mol. The SMILES string of the molecule is CC1(C)[C@H](C(=O)Nc2ccc3ccccc3c2)CC[C@@]1(C)C(=O)O. The van der Waals surface area contributed by atoms with Crippen LogP contribution in [0.5, 0.6) is 0 Å². The summed E-state index contributed by atoms with van der Waals surface area (Å²) in [6, 6.07) is 13.8. The molecule has 0 aromatic heterocycles. The van der Waals surface area contributed by atoms with Gasteiger partial charge in [0.1, 0.15) is 0 Å². The van der Waals surface area contributed by atoms with E-state index >= 15 is 0 Å². The molecule has 0 heterocycles. The number of benzene rings is 2. The van der Waals surface area contributed by atoms with Gasteiger partial charge in [0.25, 0.3) is 0 Å². The van der Waals surface area contributed by atoms with Crippen LogP contribution in [0.3, 0.4) is 0 Å². The quantitative estimate of drug-likeness (QED) is 0.884. The molecule has 0 unspecified atom stereocenters. The lowest BCUT2D eigenvalue weighted by Crippen LogP contribution is -2.43. The van der Waals surface area contributed by atoms with Crippen molar-refractivity contribution in [1.82, 2.24) is 0 Å². The van der Waals surface area contributed by atoms with Gasteiger partial charge in [-0.2, -0.15) is 0 Å². The maximum atomic E-state index is 12.8. The molecule has 1 aliphatic rings. The molecular weight excluding hydrogens is 302 g/mol. The molecule has 1 fully saturated rings. The molecule has 0 spiro atoms. The van der Waals surface area contributed by atoms with Crippen molar-refractivity contribution in [2.45, 2.75) is 33.6 Å². The maximum Gasteiger partial charge on any atom is 0.309 e. The molecule has 2 atom stereocenters. The zero-order valence-corrected chi connectivity index (χ0v) is 14.3. The molecule has 3 rings (SSSR count). The summed E-state index contributed by atoms with van der Waals surface area (Å²) in [6.45, 7) is 5.52. The van der Waals surface area contributed by atoms with Crippen LogP contribution in [-0.4, -0.2) is 17.0 Å². The van der Waals surface area contributed by atoms with E-state index in [2.05, 4.69) is 5.32 Å². The van der Waals surface area contributed by atoms with Gasteiger partial charge in [0.2, 0.25) is 5.91 Å². The number of aliphatic carboxylic acids is 1. The highest BCUT2D eigenvalue weighted by molar-refractivity contribution is 5.96. The van der Waals surface area contributed by atoms with Gasteiger partial charge in [-0.05, 0) is 48.1 Å². The summed E-state index contributed by atoms with van der Waals surface area (Å²) in [5.41, 5.74) is -0.726. The number of hydrogen-bond donors (Lipinski definition) is 2. The zero-order valence-electron chi connectivity index (χ0n) is 14.3. The fourth-order valence-electron chi connectivity index (χ4n) is 3.84. The molecule has 2 aromatic rings. The Balaban J connectivity index is 1.83. The van der Waals surface area contributed by atoms with Crippen molar-refractivity contribution in [3.63, 3.8) is 0 Å². The van der Waals surface area contributed by atoms with Gasteiger partial charge in [-0.15, -0.1) is 0 Å². The number of amides is 1. The molecule has 2 aromatic carbocycles. The van der Waals surface area contributed by atoms with E-state index in [0.717, 1.165) is 16.5 Å². The topological polar surface area (TPSA) is 66.4 Å². The van der Waals surface area contributed by atoms with Crippen molar-refractivity contribution < 1.29 is 14.7 Å². The number of hydrogen-bond acceptors (Lipinski definition) is 2. The Morgan fingerprint density at radius 2 is 1.75 bits per heavy atom. The van der Waals surface area contributed by atoms with E-state index in [4.69, 9.17) is 0 Å².